The lowest BCUT2D eigenvalue weighted by molar-refractivity contribution is -0.137. The van der Waals surface area contributed by atoms with Crippen LogP contribution in [0.1, 0.15) is 69.1 Å². The van der Waals surface area contributed by atoms with E-state index in [0.29, 0.717) is 17.3 Å². The number of unbranched alkanes of at least 4 members (excludes halogenated alkanes) is 2. The van der Waals surface area contributed by atoms with Gasteiger partial charge in [0.05, 0.1) is 0 Å². The molecule has 4 nitrogen and oxygen atoms in total. The Hall–Kier alpha value is -3.09. The van der Waals surface area contributed by atoms with Crippen LogP contribution in [-0.2, 0) is 12.6 Å². The number of hydrogen-bond acceptors (Lipinski definition) is 4. The minimum atomic E-state index is -4.57. The van der Waals surface area contributed by atoms with Gasteiger partial charge in [-0.2, -0.15) is 18.2 Å². The highest BCUT2D eigenvalue weighted by Crippen LogP contribution is 2.35. The summed E-state index contributed by atoms with van der Waals surface area (Å²) in [6, 6.07) is 15.2. The molecular formula is C26H31F3N4. The molecular weight excluding hydrogens is 425 g/mol. The van der Waals surface area contributed by atoms with Crippen molar-refractivity contribution in [1.82, 2.24) is 9.97 Å². The van der Waals surface area contributed by atoms with Crippen LogP contribution < -0.4 is 10.6 Å². The van der Waals surface area contributed by atoms with Gasteiger partial charge in [-0.3, -0.25) is 0 Å². The van der Waals surface area contributed by atoms with Crippen molar-refractivity contribution in [2.45, 2.75) is 65.0 Å². The van der Waals surface area contributed by atoms with E-state index in [2.05, 4.69) is 41.4 Å². The fourth-order valence-corrected chi connectivity index (χ4v) is 3.53. The predicted octanol–water partition coefficient (Wildman–Crippen LogP) is 8.23. The molecule has 1 heterocycles. The predicted molar refractivity (Wildman–Crippen MR) is 128 cm³/mol. The molecule has 0 saturated carbocycles. The zero-order valence-electron chi connectivity index (χ0n) is 19.3. The number of nitrogens with one attached hydrogen (secondary N) is 2. The second-order valence-corrected chi connectivity index (χ2v) is 8.29. The molecule has 33 heavy (non-hydrogen) atoms. The Morgan fingerprint density at radius 1 is 0.939 bits per heavy atom. The molecule has 3 aromatic rings. The van der Waals surface area contributed by atoms with E-state index in [9.17, 15) is 13.2 Å². The van der Waals surface area contributed by atoms with Gasteiger partial charge in [-0.05, 0) is 60.6 Å². The Labute approximate surface area is 193 Å². The van der Waals surface area contributed by atoms with E-state index in [0.717, 1.165) is 43.9 Å². The minimum Gasteiger partial charge on any atom is -0.340 e. The molecule has 2 aromatic carbocycles. The fraction of sp³-hybridized carbons (Fsp3) is 0.385. The summed E-state index contributed by atoms with van der Waals surface area (Å²) < 4.78 is 40.8. The van der Waals surface area contributed by atoms with Gasteiger partial charge in [0.25, 0.3) is 0 Å². The van der Waals surface area contributed by atoms with Crippen LogP contribution in [0.25, 0.3) is 0 Å². The monoisotopic (exact) mass is 456 g/mol. The van der Waals surface area contributed by atoms with Crippen molar-refractivity contribution in [3.05, 3.63) is 71.4 Å². The molecule has 7 heteroatoms. The van der Waals surface area contributed by atoms with Crippen LogP contribution in [0.2, 0.25) is 0 Å². The second-order valence-electron chi connectivity index (χ2n) is 8.29. The molecule has 0 amide bonds. The summed E-state index contributed by atoms with van der Waals surface area (Å²) in [5, 5.41) is 5.87. The second kappa shape index (κ2) is 11.2. The first kappa shape index (κ1) is 24.6. The first-order valence-electron chi connectivity index (χ1n) is 11.5. The van der Waals surface area contributed by atoms with Crippen LogP contribution in [-0.4, -0.2) is 9.97 Å². The van der Waals surface area contributed by atoms with Gasteiger partial charge in [-0.1, -0.05) is 57.9 Å². The van der Waals surface area contributed by atoms with E-state index in [1.165, 1.54) is 5.56 Å². The summed E-state index contributed by atoms with van der Waals surface area (Å²) in [5.41, 5.74) is 2.66. The third-order valence-electron chi connectivity index (χ3n) is 5.70. The highest BCUT2D eigenvalue weighted by atomic mass is 19.4. The Balaban J connectivity index is 1.83. The molecule has 0 aliphatic rings. The minimum absolute atomic E-state index is 0.0980. The van der Waals surface area contributed by atoms with Gasteiger partial charge in [0, 0.05) is 17.6 Å². The van der Waals surface area contributed by atoms with E-state index in [1.54, 1.807) is 6.07 Å². The molecule has 0 saturated heterocycles. The summed E-state index contributed by atoms with van der Waals surface area (Å²) >= 11 is 0. The van der Waals surface area contributed by atoms with Gasteiger partial charge >= 0.3 is 6.18 Å². The van der Waals surface area contributed by atoms with E-state index >= 15 is 0 Å². The topological polar surface area (TPSA) is 49.8 Å². The Bertz CT molecular complexity index is 1030. The quantitative estimate of drug-likeness (QED) is 0.302. The first-order chi connectivity index (χ1) is 15.8. The van der Waals surface area contributed by atoms with E-state index < -0.39 is 11.7 Å². The maximum atomic E-state index is 13.6. The molecule has 1 unspecified atom stereocenters. The smallest absolute Gasteiger partial charge is 0.340 e. The number of halogens is 3. The highest BCUT2D eigenvalue weighted by Gasteiger charge is 2.35. The van der Waals surface area contributed by atoms with Crippen molar-refractivity contribution in [2.24, 2.45) is 0 Å². The first-order valence-corrected chi connectivity index (χ1v) is 11.5. The Morgan fingerprint density at radius 3 is 2.36 bits per heavy atom. The van der Waals surface area contributed by atoms with Crippen LogP contribution in [0.3, 0.4) is 0 Å². The number of benzene rings is 2. The molecule has 0 aliphatic carbocycles. The molecule has 176 valence electrons. The number of rotatable bonds is 10. The van der Waals surface area contributed by atoms with Crippen LogP contribution in [0.4, 0.5) is 36.3 Å². The van der Waals surface area contributed by atoms with Gasteiger partial charge in [-0.15, -0.1) is 0 Å². The molecule has 0 fully saturated rings. The van der Waals surface area contributed by atoms with E-state index in [1.807, 2.05) is 42.5 Å². The zero-order chi connectivity index (χ0) is 23.8. The summed E-state index contributed by atoms with van der Waals surface area (Å²) in [7, 11) is 0. The van der Waals surface area contributed by atoms with E-state index in [-0.39, 0.29) is 11.8 Å². The largest absolute Gasteiger partial charge is 0.421 e. The van der Waals surface area contributed by atoms with Gasteiger partial charge in [-0.25, -0.2) is 4.98 Å². The van der Waals surface area contributed by atoms with Crippen molar-refractivity contribution >= 4 is 23.1 Å². The fourth-order valence-electron chi connectivity index (χ4n) is 3.53. The molecule has 0 spiro atoms. The third-order valence-corrected chi connectivity index (χ3v) is 5.70. The average molecular weight is 457 g/mol. The maximum Gasteiger partial charge on any atom is 0.421 e. The number of alkyl halides is 3. The zero-order valence-corrected chi connectivity index (χ0v) is 19.3. The number of hydrogen-bond donors (Lipinski definition) is 2. The number of aryl methyl sites for hydroxylation is 1. The normalized spacial score (nSPS) is 12.4. The van der Waals surface area contributed by atoms with Crippen LogP contribution >= 0.6 is 0 Å². The van der Waals surface area contributed by atoms with Crippen LogP contribution in [0.15, 0.2) is 54.7 Å². The summed E-state index contributed by atoms with van der Waals surface area (Å²) in [6.45, 7) is 6.41. The summed E-state index contributed by atoms with van der Waals surface area (Å²) in [4.78, 5) is 8.06. The van der Waals surface area contributed by atoms with Crippen molar-refractivity contribution in [3.63, 3.8) is 0 Å². The lowest BCUT2D eigenvalue weighted by Gasteiger charge is -2.16. The Kier molecular flexibility index (Phi) is 8.31. The van der Waals surface area contributed by atoms with Crippen LogP contribution in [0.5, 0.6) is 0 Å². The highest BCUT2D eigenvalue weighted by molar-refractivity contribution is 5.63. The van der Waals surface area contributed by atoms with Gasteiger partial charge in [0.1, 0.15) is 11.4 Å². The lowest BCUT2D eigenvalue weighted by Crippen LogP contribution is -2.12. The van der Waals surface area contributed by atoms with Crippen molar-refractivity contribution in [3.8, 4) is 0 Å². The van der Waals surface area contributed by atoms with Crippen molar-refractivity contribution < 1.29 is 13.2 Å². The standard InChI is InChI=1S/C26H31F3N4/c1-4-6-7-9-19-10-8-11-22(16-19)31-24-23(26(27,28)29)17-30-25(33-24)32-21-14-12-20(13-15-21)18(3)5-2/h8,10-18H,4-7,9H2,1-3H3,(H2,30,31,32,33). The molecule has 0 aliphatic heterocycles. The van der Waals surface area contributed by atoms with Crippen molar-refractivity contribution in [1.29, 1.82) is 0 Å². The number of aromatic nitrogens is 2. The summed E-state index contributed by atoms with van der Waals surface area (Å²) in [5.74, 6) is 0.262. The Morgan fingerprint density at radius 2 is 1.70 bits per heavy atom. The summed E-state index contributed by atoms with van der Waals surface area (Å²) in [6.07, 6.45) is 1.44. The van der Waals surface area contributed by atoms with Gasteiger partial charge in [0.15, 0.2) is 0 Å². The molecule has 3 rings (SSSR count). The molecule has 0 bridgehead atoms. The average Bonchev–Trinajstić information content (AvgIpc) is 2.79. The third kappa shape index (κ3) is 6.94. The van der Waals surface area contributed by atoms with Gasteiger partial charge in [0.2, 0.25) is 5.95 Å². The molecule has 2 N–H and O–H groups in total. The van der Waals surface area contributed by atoms with E-state index in [4.69, 9.17) is 0 Å². The lowest BCUT2D eigenvalue weighted by atomic mass is 9.99. The molecule has 1 atom stereocenters. The van der Waals surface area contributed by atoms with Crippen LogP contribution in [0, 0.1) is 0 Å². The maximum absolute atomic E-state index is 13.6. The van der Waals surface area contributed by atoms with Gasteiger partial charge < -0.3 is 10.6 Å². The molecule has 0 radical (unpaired) electrons. The number of nitrogens with zero attached hydrogens (tertiary/aromatic N) is 2. The molecule has 1 aromatic heterocycles. The van der Waals surface area contributed by atoms with Crippen molar-refractivity contribution in [2.75, 3.05) is 10.6 Å². The SMILES string of the molecule is CCCCCc1cccc(Nc2nc(Nc3ccc(C(C)CC)cc3)ncc2C(F)(F)F)c1. The number of anilines is 4.